The number of carbonyl (C=O) groups is 1. The van der Waals surface area contributed by atoms with Gasteiger partial charge in [0.1, 0.15) is 0 Å². The first-order chi connectivity index (χ1) is 7.65. The maximum absolute atomic E-state index is 11.5. The number of nitrogens with one attached hydrogen (secondary N) is 2. The smallest absolute Gasteiger partial charge is 0.233 e. The van der Waals surface area contributed by atoms with Crippen LogP contribution in [0.2, 0.25) is 0 Å². The normalized spacial score (nSPS) is 19.8. The quantitative estimate of drug-likeness (QED) is 0.566. The molecule has 1 saturated heterocycles. The van der Waals surface area contributed by atoms with Gasteiger partial charge in [-0.3, -0.25) is 9.79 Å². The summed E-state index contributed by atoms with van der Waals surface area (Å²) in [4.78, 5) is 15.3. The van der Waals surface area contributed by atoms with Crippen LogP contribution in [-0.4, -0.2) is 19.3 Å². The third-order valence-corrected chi connectivity index (χ3v) is 2.15. The van der Waals surface area contributed by atoms with E-state index < -0.39 is 0 Å². The van der Waals surface area contributed by atoms with E-state index in [0.29, 0.717) is 5.70 Å². The zero-order valence-electron chi connectivity index (χ0n) is 10.3. The Balaban J connectivity index is 0.00000106. The lowest BCUT2D eigenvalue weighted by Gasteiger charge is -2.24. The highest BCUT2D eigenvalue weighted by molar-refractivity contribution is 5.84. The van der Waals surface area contributed by atoms with Crippen LogP contribution in [0.1, 0.15) is 26.7 Å². The molecule has 0 bridgehead atoms. The zero-order chi connectivity index (χ0) is 12.6. The SMILES string of the molecule is C=C1CCC(C(=C)NC=NC)C(=O)N1.CC. The van der Waals surface area contributed by atoms with Crippen LogP contribution in [0.3, 0.4) is 0 Å². The Kier molecular flexibility index (Phi) is 6.92. The van der Waals surface area contributed by atoms with Gasteiger partial charge in [-0.15, -0.1) is 0 Å². The van der Waals surface area contributed by atoms with Gasteiger partial charge in [0, 0.05) is 18.4 Å². The summed E-state index contributed by atoms with van der Waals surface area (Å²) in [5, 5.41) is 5.58. The lowest BCUT2D eigenvalue weighted by atomic mass is 9.94. The topological polar surface area (TPSA) is 53.5 Å². The molecular weight excluding hydrogens is 202 g/mol. The van der Waals surface area contributed by atoms with E-state index in [1.807, 2.05) is 13.8 Å². The summed E-state index contributed by atoms with van der Waals surface area (Å²) in [7, 11) is 1.66. The Labute approximate surface area is 97.5 Å². The zero-order valence-corrected chi connectivity index (χ0v) is 10.3. The second kappa shape index (κ2) is 7.68. The molecule has 1 fully saturated rings. The van der Waals surface area contributed by atoms with E-state index in [1.54, 1.807) is 7.05 Å². The van der Waals surface area contributed by atoms with E-state index in [1.165, 1.54) is 6.34 Å². The molecule has 0 spiro atoms. The number of carbonyl (C=O) groups excluding carboxylic acids is 1. The highest BCUT2D eigenvalue weighted by Gasteiger charge is 2.25. The van der Waals surface area contributed by atoms with Crippen molar-refractivity contribution in [2.24, 2.45) is 10.9 Å². The molecule has 0 saturated carbocycles. The van der Waals surface area contributed by atoms with Crippen LogP contribution < -0.4 is 10.6 Å². The second-order valence-electron chi connectivity index (χ2n) is 3.24. The van der Waals surface area contributed by atoms with Gasteiger partial charge in [-0.2, -0.15) is 0 Å². The predicted octanol–water partition coefficient (Wildman–Crippen LogP) is 1.81. The standard InChI is InChI=1S/C10H15N3O.C2H6/c1-7-4-5-9(10(14)13-7)8(2)12-6-11-3;1-2/h6,9H,1-2,4-5H2,3H3,(H,11,12)(H,13,14);1-2H3. The number of piperidine rings is 1. The molecule has 1 rings (SSSR count). The summed E-state index contributed by atoms with van der Waals surface area (Å²) in [6.07, 6.45) is 3.09. The Morgan fingerprint density at radius 1 is 1.62 bits per heavy atom. The molecule has 1 amide bonds. The summed E-state index contributed by atoms with van der Waals surface area (Å²) in [5.74, 6) is -0.221. The number of rotatable bonds is 3. The van der Waals surface area contributed by atoms with Gasteiger partial charge in [0.25, 0.3) is 0 Å². The molecule has 2 N–H and O–H groups in total. The van der Waals surface area contributed by atoms with E-state index in [4.69, 9.17) is 0 Å². The van der Waals surface area contributed by atoms with Crippen molar-refractivity contribution in [3.8, 4) is 0 Å². The van der Waals surface area contributed by atoms with Crippen LogP contribution in [0.5, 0.6) is 0 Å². The van der Waals surface area contributed by atoms with Crippen molar-refractivity contribution in [1.82, 2.24) is 10.6 Å². The Bertz CT molecular complexity index is 295. The van der Waals surface area contributed by atoms with Crippen LogP contribution in [-0.2, 0) is 4.79 Å². The first kappa shape index (κ1) is 14.4. The molecule has 16 heavy (non-hydrogen) atoms. The maximum atomic E-state index is 11.5. The van der Waals surface area contributed by atoms with Gasteiger partial charge in [0.05, 0.1) is 12.3 Å². The molecule has 1 aliphatic heterocycles. The third kappa shape index (κ3) is 4.29. The third-order valence-electron chi connectivity index (χ3n) is 2.15. The fourth-order valence-corrected chi connectivity index (χ4v) is 1.35. The molecular formula is C12H21N3O. The summed E-state index contributed by atoms with van der Waals surface area (Å²) >= 11 is 0. The minimum absolute atomic E-state index is 0.0387. The summed E-state index contributed by atoms with van der Waals surface area (Å²) in [5.41, 5.74) is 1.46. The van der Waals surface area contributed by atoms with Gasteiger partial charge in [-0.1, -0.05) is 27.0 Å². The second-order valence-corrected chi connectivity index (χ2v) is 3.24. The maximum Gasteiger partial charge on any atom is 0.233 e. The van der Waals surface area contributed by atoms with Crippen LogP contribution in [0.25, 0.3) is 0 Å². The van der Waals surface area contributed by atoms with Gasteiger partial charge >= 0.3 is 0 Å². The van der Waals surface area contributed by atoms with Gasteiger partial charge < -0.3 is 10.6 Å². The molecule has 4 nitrogen and oxygen atoms in total. The monoisotopic (exact) mass is 223 g/mol. The molecule has 0 radical (unpaired) electrons. The molecule has 1 atom stereocenters. The summed E-state index contributed by atoms with van der Waals surface area (Å²) in [6.45, 7) is 11.5. The van der Waals surface area contributed by atoms with E-state index in [2.05, 4.69) is 28.8 Å². The Morgan fingerprint density at radius 2 is 2.25 bits per heavy atom. The fourth-order valence-electron chi connectivity index (χ4n) is 1.35. The molecule has 0 aliphatic carbocycles. The highest BCUT2D eigenvalue weighted by Crippen LogP contribution is 2.20. The van der Waals surface area contributed by atoms with Crippen molar-refractivity contribution in [1.29, 1.82) is 0 Å². The van der Waals surface area contributed by atoms with Crippen LogP contribution >= 0.6 is 0 Å². The van der Waals surface area contributed by atoms with E-state index >= 15 is 0 Å². The van der Waals surface area contributed by atoms with Gasteiger partial charge in [-0.25, -0.2) is 0 Å². The average Bonchev–Trinajstić information content (AvgIpc) is 2.28. The van der Waals surface area contributed by atoms with Crippen molar-refractivity contribution >= 4 is 12.2 Å². The van der Waals surface area contributed by atoms with E-state index in [9.17, 15) is 4.79 Å². The molecule has 0 aromatic heterocycles. The van der Waals surface area contributed by atoms with Crippen molar-refractivity contribution < 1.29 is 4.79 Å². The number of aliphatic imine (C=N–C) groups is 1. The van der Waals surface area contributed by atoms with Crippen LogP contribution in [0.15, 0.2) is 29.5 Å². The molecule has 1 aliphatic rings. The van der Waals surface area contributed by atoms with Crippen molar-refractivity contribution in [3.63, 3.8) is 0 Å². The molecule has 4 heteroatoms. The average molecular weight is 223 g/mol. The first-order valence-corrected chi connectivity index (χ1v) is 5.49. The summed E-state index contributed by atoms with van der Waals surface area (Å²) in [6, 6.07) is 0. The number of allylic oxidation sites excluding steroid dienone is 1. The molecule has 90 valence electrons. The summed E-state index contributed by atoms with van der Waals surface area (Å²) < 4.78 is 0. The molecule has 0 aromatic carbocycles. The van der Waals surface area contributed by atoms with Crippen molar-refractivity contribution in [2.45, 2.75) is 26.7 Å². The van der Waals surface area contributed by atoms with Crippen LogP contribution in [0.4, 0.5) is 0 Å². The van der Waals surface area contributed by atoms with Crippen molar-refractivity contribution in [3.05, 3.63) is 24.6 Å². The number of hydrogen-bond acceptors (Lipinski definition) is 2. The van der Waals surface area contributed by atoms with E-state index in [-0.39, 0.29) is 11.8 Å². The molecule has 1 heterocycles. The first-order valence-electron chi connectivity index (χ1n) is 5.49. The van der Waals surface area contributed by atoms with Crippen molar-refractivity contribution in [2.75, 3.05) is 7.05 Å². The highest BCUT2D eigenvalue weighted by atomic mass is 16.2. The largest absolute Gasteiger partial charge is 0.350 e. The Morgan fingerprint density at radius 3 is 2.75 bits per heavy atom. The fraction of sp³-hybridized carbons (Fsp3) is 0.500. The predicted molar refractivity (Wildman–Crippen MR) is 68.0 cm³/mol. The van der Waals surface area contributed by atoms with Gasteiger partial charge in [0.2, 0.25) is 5.91 Å². The minimum Gasteiger partial charge on any atom is -0.350 e. The number of nitrogens with zero attached hydrogens (tertiary/aromatic N) is 1. The van der Waals surface area contributed by atoms with Crippen LogP contribution in [0, 0.1) is 5.92 Å². The van der Waals surface area contributed by atoms with E-state index in [0.717, 1.165) is 18.5 Å². The lowest BCUT2D eigenvalue weighted by molar-refractivity contribution is -0.124. The van der Waals surface area contributed by atoms with Gasteiger partial charge in [-0.05, 0) is 12.8 Å². The number of hydrogen-bond donors (Lipinski definition) is 2. The number of amides is 1. The molecule has 0 aromatic rings. The van der Waals surface area contributed by atoms with Gasteiger partial charge in [0.15, 0.2) is 0 Å². The molecule has 1 unspecified atom stereocenters. The minimum atomic E-state index is -0.182. The Hall–Kier alpha value is -1.58. The lowest BCUT2D eigenvalue weighted by Crippen LogP contribution is -2.38.